The number of nitrogens with one attached hydrogen (secondary N) is 1. The van der Waals surface area contributed by atoms with E-state index in [4.69, 9.17) is 0 Å². The molecule has 2 aromatic heterocycles. The van der Waals surface area contributed by atoms with Crippen LogP contribution in [0.1, 0.15) is 26.3 Å². The highest BCUT2D eigenvalue weighted by molar-refractivity contribution is 7.18. The van der Waals surface area contributed by atoms with Crippen molar-refractivity contribution in [3.8, 4) is 0 Å². The van der Waals surface area contributed by atoms with E-state index in [1.54, 1.807) is 17.7 Å². The SMILES string of the molecule is Cc1csc2c(NC(C)C(C)C)ncnc12. The predicted octanol–water partition coefficient (Wildman–Crippen LogP) is 3.46. The molecule has 1 unspecified atom stereocenters. The first-order chi connectivity index (χ1) is 7.59. The molecule has 0 bridgehead atoms. The lowest BCUT2D eigenvalue weighted by molar-refractivity contribution is 0.559. The Morgan fingerprint density at radius 1 is 1.25 bits per heavy atom. The maximum atomic E-state index is 4.33. The van der Waals surface area contributed by atoms with Crippen LogP contribution >= 0.6 is 11.3 Å². The molecule has 0 radical (unpaired) electrons. The van der Waals surface area contributed by atoms with E-state index in [9.17, 15) is 0 Å². The number of aryl methyl sites for hydroxylation is 1. The summed E-state index contributed by atoms with van der Waals surface area (Å²) in [5.74, 6) is 1.55. The van der Waals surface area contributed by atoms with Crippen molar-refractivity contribution in [3.05, 3.63) is 17.3 Å². The van der Waals surface area contributed by atoms with Gasteiger partial charge in [-0.1, -0.05) is 13.8 Å². The molecular weight excluding hydrogens is 218 g/mol. The third-order valence-electron chi connectivity index (χ3n) is 2.90. The van der Waals surface area contributed by atoms with Crippen LogP contribution < -0.4 is 5.32 Å². The van der Waals surface area contributed by atoms with Gasteiger partial charge in [0.05, 0.1) is 10.2 Å². The number of fused-ring (bicyclic) bond motifs is 1. The van der Waals surface area contributed by atoms with Gasteiger partial charge in [-0.15, -0.1) is 11.3 Å². The Balaban J connectivity index is 2.37. The molecule has 16 heavy (non-hydrogen) atoms. The number of thiophene rings is 1. The zero-order valence-electron chi connectivity index (χ0n) is 10.1. The second-order valence-electron chi connectivity index (χ2n) is 4.50. The maximum absolute atomic E-state index is 4.33. The van der Waals surface area contributed by atoms with E-state index in [1.807, 2.05) is 0 Å². The van der Waals surface area contributed by atoms with Gasteiger partial charge in [-0.05, 0) is 30.7 Å². The quantitative estimate of drug-likeness (QED) is 0.885. The van der Waals surface area contributed by atoms with E-state index in [2.05, 4.69) is 48.4 Å². The number of anilines is 1. The van der Waals surface area contributed by atoms with Crippen molar-refractivity contribution in [1.82, 2.24) is 9.97 Å². The van der Waals surface area contributed by atoms with Crippen LogP contribution in [0.4, 0.5) is 5.82 Å². The molecule has 0 saturated heterocycles. The molecule has 0 aliphatic rings. The maximum Gasteiger partial charge on any atom is 0.147 e. The van der Waals surface area contributed by atoms with E-state index in [1.165, 1.54) is 5.56 Å². The van der Waals surface area contributed by atoms with Gasteiger partial charge >= 0.3 is 0 Å². The van der Waals surface area contributed by atoms with E-state index in [0.29, 0.717) is 12.0 Å². The van der Waals surface area contributed by atoms with Crippen molar-refractivity contribution in [1.29, 1.82) is 0 Å². The van der Waals surface area contributed by atoms with Crippen LogP contribution in [0, 0.1) is 12.8 Å². The molecule has 0 aromatic carbocycles. The summed E-state index contributed by atoms with van der Waals surface area (Å²) >= 11 is 1.71. The zero-order chi connectivity index (χ0) is 11.7. The molecule has 2 aromatic rings. The fourth-order valence-corrected chi connectivity index (χ4v) is 2.41. The lowest BCUT2D eigenvalue weighted by Crippen LogP contribution is -2.22. The Hall–Kier alpha value is -1.16. The third-order valence-corrected chi connectivity index (χ3v) is 3.99. The van der Waals surface area contributed by atoms with Gasteiger partial charge in [0.1, 0.15) is 12.1 Å². The zero-order valence-corrected chi connectivity index (χ0v) is 10.9. The van der Waals surface area contributed by atoms with Gasteiger partial charge in [0.25, 0.3) is 0 Å². The van der Waals surface area contributed by atoms with Crippen molar-refractivity contribution >= 4 is 27.4 Å². The van der Waals surface area contributed by atoms with Crippen molar-refractivity contribution in [2.75, 3.05) is 5.32 Å². The van der Waals surface area contributed by atoms with Crippen molar-refractivity contribution in [2.45, 2.75) is 33.7 Å². The van der Waals surface area contributed by atoms with Crippen LogP contribution in [0.25, 0.3) is 10.2 Å². The smallest absolute Gasteiger partial charge is 0.147 e. The molecule has 0 amide bonds. The number of rotatable bonds is 3. The van der Waals surface area contributed by atoms with Crippen LogP contribution in [0.5, 0.6) is 0 Å². The summed E-state index contributed by atoms with van der Waals surface area (Å²) < 4.78 is 1.16. The Kier molecular flexibility index (Phi) is 3.10. The molecule has 4 heteroatoms. The van der Waals surface area contributed by atoms with Gasteiger partial charge in [0, 0.05) is 6.04 Å². The van der Waals surface area contributed by atoms with Gasteiger partial charge in [-0.2, -0.15) is 0 Å². The summed E-state index contributed by atoms with van der Waals surface area (Å²) in [6, 6.07) is 0.417. The summed E-state index contributed by atoms with van der Waals surface area (Å²) in [5.41, 5.74) is 2.29. The molecule has 86 valence electrons. The first kappa shape index (κ1) is 11.3. The summed E-state index contributed by atoms with van der Waals surface area (Å²) in [5, 5.41) is 5.59. The molecule has 0 spiro atoms. The molecule has 0 fully saturated rings. The van der Waals surface area contributed by atoms with Crippen LogP contribution in [0.2, 0.25) is 0 Å². The lowest BCUT2D eigenvalue weighted by Gasteiger charge is -2.18. The highest BCUT2D eigenvalue weighted by Crippen LogP contribution is 2.29. The number of hydrogen-bond donors (Lipinski definition) is 1. The second kappa shape index (κ2) is 4.37. The fourth-order valence-electron chi connectivity index (χ4n) is 1.45. The Morgan fingerprint density at radius 2 is 2.00 bits per heavy atom. The van der Waals surface area contributed by atoms with Gasteiger partial charge in [0.15, 0.2) is 0 Å². The number of aromatic nitrogens is 2. The first-order valence-electron chi connectivity index (χ1n) is 5.55. The average molecular weight is 235 g/mol. The summed E-state index contributed by atoms with van der Waals surface area (Å²) in [6.07, 6.45) is 1.64. The third kappa shape index (κ3) is 2.02. The summed E-state index contributed by atoms with van der Waals surface area (Å²) in [7, 11) is 0. The van der Waals surface area contributed by atoms with Gasteiger partial charge in [-0.25, -0.2) is 9.97 Å². The molecular formula is C12H17N3S. The first-order valence-corrected chi connectivity index (χ1v) is 6.43. The Labute approximate surface area is 99.9 Å². The molecule has 2 heterocycles. The monoisotopic (exact) mass is 235 g/mol. The molecule has 0 aliphatic carbocycles. The van der Waals surface area contributed by atoms with E-state index in [-0.39, 0.29) is 0 Å². The van der Waals surface area contributed by atoms with Gasteiger partial charge < -0.3 is 5.32 Å². The molecule has 2 rings (SSSR count). The van der Waals surface area contributed by atoms with Crippen LogP contribution in [0.15, 0.2) is 11.7 Å². The lowest BCUT2D eigenvalue weighted by atomic mass is 10.1. The minimum atomic E-state index is 0.417. The Morgan fingerprint density at radius 3 is 2.69 bits per heavy atom. The normalized spacial score (nSPS) is 13.3. The van der Waals surface area contributed by atoms with Gasteiger partial charge in [0.2, 0.25) is 0 Å². The molecule has 1 N–H and O–H groups in total. The standard InChI is InChI=1S/C12H17N3S/c1-7(2)9(4)15-12-11-10(13-6-14-12)8(3)5-16-11/h5-7,9H,1-4H3,(H,13,14,15). The molecule has 1 atom stereocenters. The highest BCUT2D eigenvalue weighted by atomic mass is 32.1. The minimum absolute atomic E-state index is 0.417. The fraction of sp³-hybridized carbons (Fsp3) is 0.500. The molecule has 0 aliphatic heterocycles. The number of hydrogen-bond acceptors (Lipinski definition) is 4. The van der Waals surface area contributed by atoms with E-state index < -0.39 is 0 Å². The van der Waals surface area contributed by atoms with Crippen LogP contribution in [-0.4, -0.2) is 16.0 Å². The second-order valence-corrected chi connectivity index (χ2v) is 5.38. The predicted molar refractivity (Wildman–Crippen MR) is 70.1 cm³/mol. The largest absolute Gasteiger partial charge is 0.366 e. The van der Waals surface area contributed by atoms with E-state index in [0.717, 1.165) is 16.0 Å². The van der Waals surface area contributed by atoms with Gasteiger partial charge in [-0.3, -0.25) is 0 Å². The topological polar surface area (TPSA) is 37.8 Å². The molecule has 0 saturated carbocycles. The number of nitrogens with zero attached hydrogens (tertiary/aromatic N) is 2. The van der Waals surface area contributed by atoms with Crippen LogP contribution in [0.3, 0.4) is 0 Å². The average Bonchev–Trinajstić information content (AvgIpc) is 2.62. The van der Waals surface area contributed by atoms with E-state index >= 15 is 0 Å². The van der Waals surface area contributed by atoms with Crippen molar-refractivity contribution in [2.24, 2.45) is 5.92 Å². The molecule has 3 nitrogen and oxygen atoms in total. The summed E-state index contributed by atoms with van der Waals surface area (Å²) in [6.45, 7) is 8.67. The van der Waals surface area contributed by atoms with Crippen molar-refractivity contribution in [3.63, 3.8) is 0 Å². The Bertz CT molecular complexity index is 490. The highest BCUT2D eigenvalue weighted by Gasteiger charge is 2.12. The summed E-state index contributed by atoms with van der Waals surface area (Å²) in [4.78, 5) is 8.64. The van der Waals surface area contributed by atoms with Crippen LogP contribution in [-0.2, 0) is 0 Å². The van der Waals surface area contributed by atoms with Crippen molar-refractivity contribution < 1.29 is 0 Å². The minimum Gasteiger partial charge on any atom is -0.366 e.